The average molecular weight is 431 g/mol. The van der Waals surface area contributed by atoms with Gasteiger partial charge in [0.25, 0.3) is 11.8 Å². The minimum absolute atomic E-state index is 0.265. The zero-order valence-corrected chi connectivity index (χ0v) is 18.3. The molecular formula is C25H22N2O3S. The molecule has 0 aliphatic carbocycles. The Morgan fingerprint density at radius 2 is 1.35 bits per heavy atom. The van der Waals surface area contributed by atoms with Crippen LogP contribution in [0.5, 0.6) is 5.75 Å². The van der Waals surface area contributed by atoms with Crippen molar-refractivity contribution in [2.24, 2.45) is 0 Å². The number of methoxy groups -OCH3 is 1. The van der Waals surface area contributed by atoms with Crippen LogP contribution in [0, 0.1) is 13.8 Å². The predicted molar refractivity (Wildman–Crippen MR) is 124 cm³/mol. The number of amides is 2. The Balaban J connectivity index is 1.71. The molecule has 0 fully saturated rings. The topological polar surface area (TPSA) is 58.6 Å². The quantitative estimate of drug-likeness (QED) is 0.538. The van der Waals surface area contributed by atoms with E-state index in [0.29, 0.717) is 22.0 Å². The Morgan fingerprint density at radius 1 is 0.774 bits per heavy atom. The van der Waals surface area contributed by atoms with Gasteiger partial charge in [0.1, 0.15) is 16.4 Å². The second kappa shape index (κ2) is 8.70. The third kappa shape index (κ3) is 4.34. The Morgan fingerprint density at radius 3 is 1.94 bits per heavy atom. The number of benzene rings is 3. The van der Waals surface area contributed by atoms with E-state index in [2.05, 4.69) is 5.32 Å². The number of hydrogen-bond acceptors (Lipinski definition) is 5. The van der Waals surface area contributed by atoms with Gasteiger partial charge in [0, 0.05) is 10.6 Å². The molecule has 3 aromatic carbocycles. The number of carbonyl (C=O) groups is 2. The van der Waals surface area contributed by atoms with Gasteiger partial charge in [-0.1, -0.05) is 47.2 Å². The van der Waals surface area contributed by atoms with Crippen molar-refractivity contribution in [3.8, 4) is 5.75 Å². The first kappa shape index (κ1) is 20.8. The van der Waals surface area contributed by atoms with E-state index in [1.807, 2.05) is 62.4 Å². The summed E-state index contributed by atoms with van der Waals surface area (Å²) in [5, 5.41) is 3.16. The van der Waals surface area contributed by atoms with Crippen LogP contribution in [-0.4, -0.2) is 18.9 Å². The van der Waals surface area contributed by atoms with Gasteiger partial charge in [-0.25, -0.2) is 4.90 Å². The zero-order valence-electron chi connectivity index (χ0n) is 17.5. The molecule has 4 rings (SSSR count). The maximum Gasteiger partial charge on any atom is 0.283 e. The summed E-state index contributed by atoms with van der Waals surface area (Å²) in [6, 6.07) is 22.4. The van der Waals surface area contributed by atoms with E-state index in [9.17, 15) is 9.59 Å². The molecule has 31 heavy (non-hydrogen) atoms. The van der Waals surface area contributed by atoms with E-state index in [4.69, 9.17) is 4.74 Å². The highest BCUT2D eigenvalue weighted by molar-refractivity contribution is 8.04. The van der Waals surface area contributed by atoms with Crippen molar-refractivity contribution < 1.29 is 14.3 Å². The predicted octanol–water partition coefficient (Wildman–Crippen LogP) is 5.30. The van der Waals surface area contributed by atoms with E-state index in [-0.39, 0.29) is 17.5 Å². The van der Waals surface area contributed by atoms with Gasteiger partial charge in [-0.2, -0.15) is 0 Å². The normalized spacial score (nSPS) is 13.7. The SMILES string of the molecule is COc1ccc(NC2=C(Sc3ccc(C)cc3)C(=O)N(c3ccc(C)cc3)C2=O)cc1. The smallest absolute Gasteiger partial charge is 0.283 e. The number of carbonyl (C=O) groups excluding carboxylic acids is 2. The van der Waals surface area contributed by atoms with Crippen molar-refractivity contribution in [3.05, 3.63) is 94.5 Å². The fourth-order valence-corrected chi connectivity index (χ4v) is 4.11. The van der Waals surface area contributed by atoms with Gasteiger partial charge in [-0.3, -0.25) is 9.59 Å². The summed E-state index contributed by atoms with van der Waals surface area (Å²) in [4.78, 5) is 29.2. The number of ether oxygens (including phenoxy) is 1. The zero-order chi connectivity index (χ0) is 22.0. The van der Waals surface area contributed by atoms with Gasteiger partial charge in [0.15, 0.2) is 0 Å². The number of aryl methyl sites for hydroxylation is 2. The van der Waals surface area contributed by atoms with E-state index >= 15 is 0 Å². The third-order valence-electron chi connectivity index (χ3n) is 4.93. The molecule has 0 radical (unpaired) electrons. The molecule has 0 unspecified atom stereocenters. The average Bonchev–Trinajstić information content (AvgIpc) is 3.00. The second-order valence-electron chi connectivity index (χ2n) is 7.25. The van der Waals surface area contributed by atoms with Crippen molar-refractivity contribution in [3.63, 3.8) is 0 Å². The van der Waals surface area contributed by atoms with Crippen LogP contribution in [0.3, 0.4) is 0 Å². The van der Waals surface area contributed by atoms with Crippen LogP contribution in [0.4, 0.5) is 11.4 Å². The van der Waals surface area contributed by atoms with Crippen LogP contribution >= 0.6 is 11.8 Å². The number of thioether (sulfide) groups is 1. The van der Waals surface area contributed by atoms with Crippen LogP contribution in [0.15, 0.2) is 88.3 Å². The van der Waals surface area contributed by atoms with Crippen molar-refractivity contribution in [2.75, 3.05) is 17.3 Å². The minimum atomic E-state index is -0.376. The van der Waals surface area contributed by atoms with Gasteiger partial charge in [-0.05, 0) is 62.4 Å². The first-order valence-electron chi connectivity index (χ1n) is 9.81. The monoisotopic (exact) mass is 430 g/mol. The van der Waals surface area contributed by atoms with Crippen LogP contribution < -0.4 is 15.0 Å². The van der Waals surface area contributed by atoms with Gasteiger partial charge in [0.05, 0.1) is 12.8 Å². The van der Waals surface area contributed by atoms with E-state index in [1.54, 1.807) is 31.4 Å². The standard InChI is InChI=1S/C25H22N2O3S/c1-16-4-10-19(11-5-16)27-24(28)22(26-18-8-12-20(30-3)13-9-18)23(25(27)29)31-21-14-6-17(2)7-15-21/h4-15,26H,1-3H3. The number of imide groups is 1. The number of nitrogens with zero attached hydrogens (tertiary/aromatic N) is 1. The number of hydrogen-bond donors (Lipinski definition) is 1. The molecule has 1 heterocycles. The molecule has 1 aliphatic rings. The molecule has 5 nitrogen and oxygen atoms in total. The van der Waals surface area contributed by atoms with Crippen LogP contribution in [-0.2, 0) is 9.59 Å². The van der Waals surface area contributed by atoms with Crippen molar-refractivity contribution in [1.29, 1.82) is 0 Å². The van der Waals surface area contributed by atoms with E-state index in [0.717, 1.165) is 16.0 Å². The van der Waals surface area contributed by atoms with Gasteiger partial charge < -0.3 is 10.1 Å². The molecule has 6 heteroatoms. The summed E-state index contributed by atoms with van der Waals surface area (Å²) < 4.78 is 5.20. The van der Waals surface area contributed by atoms with Crippen LogP contribution in [0.1, 0.15) is 11.1 Å². The number of anilines is 2. The molecule has 0 saturated heterocycles. The lowest BCUT2D eigenvalue weighted by atomic mass is 10.2. The Kier molecular flexibility index (Phi) is 5.82. The van der Waals surface area contributed by atoms with Crippen molar-refractivity contribution >= 4 is 35.0 Å². The summed E-state index contributed by atoms with van der Waals surface area (Å²) in [6.45, 7) is 3.97. The van der Waals surface area contributed by atoms with Gasteiger partial charge in [-0.15, -0.1) is 0 Å². The molecule has 0 bridgehead atoms. The highest BCUT2D eigenvalue weighted by Crippen LogP contribution is 2.38. The summed E-state index contributed by atoms with van der Waals surface area (Å²) >= 11 is 1.29. The third-order valence-corrected chi connectivity index (χ3v) is 6.02. The number of nitrogens with one attached hydrogen (secondary N) is 1. The first-order valence-corrected chi connectivity index (χ1v) is 10.6. The summed E-state index contributed by atoms with van der Waals surface area (Å²) in [5.74, 6) is -0.00128. The van der Waals surface area contributed by atoms with Crippen molar-refractivity contribution in [1.82, 2.24) is 0 Å². The molecule has 0 saturated carbocycles. The maximum absolute atomic E-state index is 13.3. The van der Waals surface area contributed by atoms with Gasteiger partial charge >= 0.3 is 0 Å². The fourth-order valence-electron chi connectivity index (χ4n) is 3.19. The molecule has 3 aromatic rings. The summed E-state index contributed by atoms with van der Waals surface area (Å²) in [6.07, 6.45) is 0. The Bertz CT molecular complexity index is 1150. The van der Waals surface area contributed by atoms with Crippen molar-refractivity contribution in [2.45, 2.75) is 18.7 Å². The molecule has 0 spiro atoms. The molecule has 0 aromatic heterocycles. The van der Waals surface area contributed by atoms with Gasteiger partial charge in [0.2, 0.25) is 0 Å². The molecule has 2 amide bonds. The number of rotatable bonds is 6. The molecular weight excluding hydrogens is 408 g/mol. The largest absolute Gasteiger partial charge is 0.497 e. The highest BCUT2D eigenvalue weighted by atomic mass is 32.2. The molecule has 1 N–H and O–H groups in total. The fraction of sp³-hybridized carbons (Fsp3) is 0.120. The highest BCUT2D eigenvalue weighted by Gasteiger charge is 2.40. The molecule has 156 valence electrons. The lowest BCUT2D eigenvalue weighted by molar-refractivity contribution is -0.120. The minimum Gasteiger partial charge on any atom is -0.497 e. The molecule has 0 atom stereocenters. The maximum atomic E-state index is 13.3. The Labute approximate surface area is 185 Å². The summed E-state index contributed by atoms with van der Waals surface area (Å²) in [5.41, 5.74) is 3.70. The first-order chi connectivity index (χ1) is 15.0. The van der Waals surface area contributed by atoms with E-state index in [1.165, 1.54) is 16.7 Å². The van der Waals surface area contributed by atoms with Crippen LogP contribution in [0.2, 0.25) is 0 Å². The lowest BCUT2D eigenvalue weighted by Crippen LogP contribution is -2.32. The Hall–Kier alpha value is -3.51. The van der Waals surface area contributed by atoms with E-state index < -0.39 is 0 Å². The lowest BCUT2D eigenvalue weighted by Gasteiger charge is -2.15. The second-order valence-corrected chi connectivity index (χ2v) is 8.34. The summed E-state index contributed by atoms with van der Waals surface area (Å²) in [7, 11) is 1.60. The van der Waals surface area contributed by atoms with Crippen LogP contribution in [0.25, 0.3) is 0 Å². The molecule has 1 aliphatic heterocycles.